The molecule has 1 aliphatic rings. The van der Waals surface area contributed by atoms with Gasteiger partial charge >= 0.3 is 5.97 Å². The summed E-state index contributed by atoms with van der Waals surface area (Å²) in [4.78, 5) is 28.8. The first-order valence-electron chi connectivity index (χ1n) is 6.22. The van der Waals surface area contributed by atoms with Crippen molar-refractivity contribution in [3.63, 3.8) is 0 Å². The number of ether oxygens (including phenoxy) is 1. The summed E-state index contributed by atoms with van der Waals surface area (Å²) in [5.74, 6) is -0.519. The van der Waals surface area contributed by atoms with Gasteiger partial charge in [-0.3, -0.25) is 15.1 Å². The summed E-state index contributed by atoms with van der Waals surface area (Å²) in [7, 11) is 0. The minimum atomic E-state index is -0.602. The van der Waals surface area contributed by atoms with Crippen molar-refractivity contribution in [1.29, 1.82) is 0 Å². The van der Waals surface area contributed by atoms with Crippen LogP contribution in [-0.4, -0.2) is 18.4 Å². The maximum atomic E-state index is 11.9. The van der Waals surface area contributed by atoms with Gasteiger partial charge in [-0.2, -0.15) is 0 Å². The van der Waals surface area contributed by atoms with Crippen molar-refractivity contribution in [3.05, 3.63) is 23.1 Å². The topological polar surface area (TPSA) is 64.6 Å². The van der Waals surface area contributed by atoms with E-state index in [9.17, 15) is 9.59 Å². The molecule has 0 fully saturated rings. The van der Waals surface area contributed by atoms with Gasteiger partial charge in [-0.15, -0.1) is 0 Å². The van der Waals surface area contributed by atoms with Gasteiger partial charge in [-0.1, -0.05) is 20.3 Å². The van der Waals surface area contributed by atoms with Crippen LogP contribution in [0.1, 0.15) is 40.0 Å². The molecule has 0 saturated heterocycles. The zero-order valence-electron chi connectivity index (χ0n) is 11.0. The molecule has 5 heteroatoms. The zero-order chi connectivity index (χ0) is 13.5. The third-order valence-electron chi connectivity index (χ3n) is 2.46. The molecule has 0 aromatic carbocycles. The van der Waals surface area contributed by atoms with E-state index in [4.69, 9.17) is 9.57 Å². The van der Waals surface area contributed by atoms with Crippen molar-refractivity contribution in [3.8, 4) is 0 Å². The van der Waals surface area contributed by atoms with Crippen LogP contribution >= 0.6 is 0 Å². The Morgan fingerprint density at radius 1 is 1.33 bits per heavy atom. The Labute approximate surface area is 107 Å². The van der Waals surface area contributed by atoms with Crippen LogP contribution in [0.2, 0.25) is 0 Å². The Bertz CT molecular complexity index is 396. The van der Waals surface area contributed by atoms with Gasteiger partial charge in [0.2, 0.25) is 0 Å². The van der Waals surface area contributed by atoms with E-state index in [-0.39, 0.29) is 11.4 Å². The summed E-state index contributed by atoms with van der Waals surface area (Å²) in [5, 5.41) is 0. The maximum Gasteiger partial charge on any atom is 0.349 e. The number of allylic oxidation sites excluding steroid dienone is 3. The van der Waals surface area contributed by atoms with Crippen molar-refractivity contribution in [1.82, 2.24) is 5.48 Å². The third kappa shape index (κ3) is 3.43. The number of hydrogen-bond donors (Lipinski definition) is 1. The summed E-state index contributed by atoms with van der Waals surface area (Å²) in [6.45, 7) is 6.05. The molecule has 18 heavy (non-hydrogen) atoms. The third-order valence-corrected chi connectivity index (χ3v) is 2.46. The molecular formula is C13H19NO4. The second-order valence-electron chi connectivity index (χ2n) is 3.86. The molecule has 100 valence electrons. The lowest BCUT2D eigenvalue weighted by atomic mass is 10.0. The monoisotopic (exact) mass is 253 g/mol. The van der Waals surface area contributed by atoms with Crippen molar-refractivity contribution in [2.75, 3.05) is 6.61 Å². The van der Waals surface area contributed by atoms with Crippen molar-refractivity contribution in [2.24, 2.45) is 0 Å². The first-order chi connectivity index (χ1) is 8.63. The molecular weight excluding hydrogens is 234 g/mol. The predicted octanol–water partition coefficient (Wildman–Crippen LogP) is 2.00. The lowest BCUT2D eigenvalue weighted by molar-refractivity contribution is -0.138. The van der Waals surface area contributed by atoms with Gasteiger partial charge in [0.1, 0.15) is 11.3 Å². The van der Waals surface area contributed by atoms with Gasteiger partial charge in [0, 0.05) is 12.5 Å². The van der Waals surface area contributed by atoms with Crippen LogP contribution in [-0.2, 0) is 19.2 Å². The van der Waals surface area contributed by atoms with Crippen molar-refractivity contribution in [2.45, 2.75) is 40.0 Å². The highest BCUT2D eigenvalue weighted by atomic mass is 16.6. The molecule has 0 amide bonds. The number of nitrogens with one attached hydrogen (secondary N) is 1. The number of hydroxylamine groups is 1. The largest absolute Gasteiger partial charge is 0.427 e. The first-order valence-corrected chi connectivity index (χ1v) is 6.22. The highest BCUT2D eigenvalue weighted by Gasteiger charge is 2.28. The first kappa shape index (κ1) is 14.4. The van der Waals surface area contributed by atoms with Crippen molar-refractivity contribution < 1.29 is 19.2 Å². The molecule has 0 aliphatic carbocycles. The van der Waals surface area contributed by atoms with Gasteiger partial charge in [0.05, 0.1) is 12.3 Å². The highest BCUT2D eigenvalue weighted by Crippen LogP contribution is 2.20. The molecule has 0 aromatic rings. The molecule has 1 N–H and O–H groups in total. The Hall–Kier alpha value is -1.62. The van der Waals surface area contributed by atoms with Gasteiger partial charge < -0.3 is 4.74 Å². The quantitative estimate of drug-likeness (QED) is 0.339. The molecule has 0 saturated carbocycles. The fourth-order valence-electron chi connectivity index (χ4n) is 1.60. The van der Waals surface area contributed by atoms with Crippen molar-refractivity contribution >= 4 is 11.8 Å². The van der Waals surface area contributed by atoms with Gasteiger partial charge in [0.25, 0.3) is 0 Å². The number of ketones is 1. The number of cyclic esters (lactones) is 1. The van der Waals surface area contributed by atoms with Gasteiger partial charge in [-0.25, -0.2) is 4.79 Å². The number of esters is 1. The minimum absolute atomic E-state index is 0.0440. The second-order valence-corrected chi connectivity index (χ2v) is 3.86. The Morgan fingerprint density at radius 3 is 2.56 bits per heavy atom. The van der Waals surface area contributed by atoms with Crippen LogP contribution < -0.4 is 5.48 Å². The molecule has 1 heterocycles. The van der Waals surface area contributed by atoms with E-state index in [1.807, 2.05) is 20.8 Å². The lowest BCUT2D eigenvalue weighted by Gasteiger charge is -2.18. The molecule has 5 nitrogen and oxygen atoms in total. The minimum Gasteiger partial charge on any atom is -0.427 e. The molecule has 0 radical (unpaired) electrons. The standard InChI is InChI=1S/C13H19NO4/c1-4-7-10(14-17-6-3)12-11(15)8-9(5-2)18-13(12)16/h8,14H,4-7H2,1-3H3. The molecule has 0 atom stereocenters. The number of hydrogen-bond acceptors (Lipinski definition) is 5. The average Bonchev–Trinajstić information content (AvgIpc) is 2.34. The fraction of sp³-hybridized carbons (Fsp3) is 0.538. The second kappa shape index (κ2) is 6.96. The zero-order valence-corrected chi connectivity index (χ0v) is 11.0. The van der Waals surface area contributed by atoms with Gasteiger partial charge in [0.15, 0.2) is 5.78 Å². The summed E-state index contributed by atoms with van der Waals surface area (Å²) >= 11 is 0. The smallest absolute Gasteiger partial charge is 0.349 e. The Morgan fingerprint density at radius 2 is 2.06 bits per heavy atom. The van der Waals surface area contributed by atoms with E-state index in [0.29, 0.717) is 30.9 Å². The van der Waals surface area contributed by atoms with Crippen LogP contribution in [0.25, 0.3) is 0 Å². The van der Waals surface area contributed by atoms with Crippen LogP contribution in [0, 0.1) is 0 Å². The molecule has 0 bridgehead atoms. The predicted molar refractivity (Wildman–Crippen MR) is 66.2 cm³/mol. The summed E-state index contributed by atoms with van der Waals surface area (Å²) in [6.07, 6.45) is 3.24. The lowest BCUT2D eigenvalue weighted by Crippen LogP contribution is -2.27. The van der Waals surface area contributed by atoms with Crippen LogP contribution in [0.4, 0.5) is 0 Å². The molecule has 1 aliphatic heterocycles. The van der Waals surface area contributed by atoms with E-state index >= 15 is 0 Å². The van der Waals surface area contributed by atoms with E-state index in [1.165, 1.54) is 6.08 Å². The van der Waals surface area contributed by atoms with E-state index in [2.05, 4.69) is 5.48 Å². The summed E-state index contributed by atoms with van der Waals surface area (Å²) in [6, 6.07) is 0. The maximum absolute atomic E-state index is 11.9. The van der Waals surface area contributed by atoms with Gasteiger partial charge in [-0.05, 0) is 13.3 Å². The molecule has 1 rings (SSSR count). The van der Waals surface area contributed by atoms with Crippen LogP contribution in [0.3, 0.4) is 0 Å². The summed E-state index contributed by atoms with van der Waals surface area (Å²) in [5.41, 5.74) is 3.19. The Balaban J connectivity index is 3.04. The fourth-order valence-corrected chi connectivity index (χ4v) is 1.60. The molecule has 0 spiro atoms. The number of carbonyl (C=O) groups excluding carboxylic acids is 2. The van der Waals surface area contributed by atoms with E-state index in [0.717, 1.165) is 6.42 Å². The average molecular weight is 253 g/mol. The van der Waals surface area contributed by atoms with Crippen LogP contribution in [0.15, 0.2) is 23.1 Å². The van der Waals surface area contributed by atoms with E-state index in [1.54, 1.807) is 0 Å². The summed E-state index contributed by atoms with van der Waals surface area (Å²) < 4.78 is 5.07. The SMILES string of the molecule is CCCC(NOCC)=C1C(=O)C=C(CC)OC1=O. The van der Waals surface area contributed by atoms with Crippen LogP contribution in [0.5, 0.6) is 0 Å². The number of carbonyl (C=O) groups is 2. The molecule has 0 aromatic heterocycles. The number of rotatable bonds is 6. The normalized spacial score (nSPS) is 18.3. The molecule has 0 unspecified atom stereocenters. The highest BCUT2D eigenvalue weighted by molar-refractivity contribution is 6.24. The van der Waals surface area contributed by atoms with E-state index < -0.39 is 5.97 Å². The Kier molecular flexibility index (Phi) is 5.58.